The average Bonchev–Trinajstić information content (AvgIpc) is 2.87. The van der Waals surface area contributed by atoms with Crippen molar-refractivity contribution in [2.75, 3.05) is 12.3 Å². The molecule has 1 aromatic rings. The summed E-state index contributed by atoms with van der Waals surface area (Å²) >= 11 is 13.4. The molecule has 1 aliphatic carbocycles. The molecule has 0 heterocycles. The largest absolute Gasteiger partial charge is 0.352 e. The van der Waals surface area contributed by atoms with Gasteiger partial charge in [0.15, 0.2) is 0 Å². The summed E-state index contributed by atoms with van der Waals surface area (Å²) in [6, 6.07) is 5.48. The Hall–Kier alpha value is -0.130. The van der Waals surface area contributed by atoms with Crippen LogP contribution < -0.4 is 11.1 Å². The topological polar surface area (TPSA) is 55.1 Å². The molecule has 1 fully saturated rings. The molecular formula is C14H19Cl3N2OS. The molecule has 1 saturated carbocycles. The third-order valence-corrected chi connectivity index (χ3v) is 5.29. The summed E-state index contributed by atoms with van der Waals surface area (Å²) in [5, 5.41) is 4.31. The Morgan fingerprint density at radius 1 is 1.38 bits per heavy atom. The zero-order valence-electron chi connectivity index (χ0n) is 11.5. The summed E-state index contributed by atoms with van der Waals surface area (Å²) in [6.45, 7) is 0.637. The van der Waals surface area contributed by atoms with Gasteiger partial charge in [0.25, 0.3) is 0 Å². The molecule has 0 radical (unpaired) electrons. The van der Waals surface area contributed by atoms with Crippen LogP contribution in [0.1, 0.15) is 19.3 Å². The summed E-state index contributed by atoms with van der Waals surface area (Å²) < 4.78 is 0. The van der Waals surface area contributed by atoms with Gasteiger partial charge >= 0.3 is 0 Å². The Morgan fingerprint density at radius 3 is 2.86 bits per heavy atom. The van der Waals surface area contributed by atoms with Crippen LogP contribution in [0.25, 0.3) is 0 Å². The smallest absolute Gasteiger partial charge is 0.230 e. The number of rotatable bonds is 5. The first-order chi connectivity index (χ1) is 9.60. The third kappa shape index (κ3) is 5.53. The number of nitrogens with one attached hydrogen (secondary N) is 1. The van der Waals surface area contributed by atoms with E-state index in [0.29, 0.717) is 28.3 Å². The molecule has 1 aromatic carbocycles. The van der Waals surface area contributed by atoms with Crippen LogP contribution >= 0.6 is 47.4 Å². The van der Waals surface area contributed by atoms with Gasteiger partial charge in [0.05, 0.1) is 10.8 Å². The Bertz CT molecular complexity index is 487. The molecule has 0 saturated heterocycles. The lowest BCUT2D eigenvalue weighted by atomic mass is 10.0. The maximum Gasteiger partial charge on any atom is 0.230 e. The van der Waals surface area contributed by atoms with Crippen LogP contribution in [-0.4, -0.2) is 24.2 Å². The van der Waals surface area contributed by atoms with Gasteiger partial charge in [0, 0.05) is 16.0 Å². The third-order valence-electron chi connectivity index (χ3n) is 3.56. The molecule has 0 spiro atoms. The van der Waals surface area contributed by atoms with Crippen molar-refractivity contribution < 1.29 is 4.79 Å². The fourth-order valence-electron chi connectivity index (χ4n) is 2.49. The highest BCUT2D eigenvalue weighted by Crippen LogP contribution is 2.30. The second-order valence-corrected chi connectivity index (χ2v) is 6.82. The molecule has 21 heavy (non-hydrogen) atoms. The van der Waals surface area contributed by atoms with Crippen molar-refractivity contribution >= 4 is 53.3 Å². The van der Waals surface area contributed by atoms with Crippen LogP contribution in [0.15, 0.2) is 23.1 Å². The highest BCUT2D eigenvalue weighted by atomic mass is 35.5. The first-order valence-electron chi connectivity index (χ1n) is 6.67. The molecule has 0 bridgehead atoms. The van der Waals surface area contributed by atoms with Gasteiger partial charge in [-0.3, -0.25) is 4.79 Å². The maximum atomic E-state index is 12.0. The van der Waals surface area contributed by atoms with E-state index in [1.165, 1.54) is 11.8 Å². The van der Waals surface area contributed by atoms with E-state index in [2.05, 4.69) is 5.32 Å². The van der Waals surface area contributed by atoms with Crippen molar-refractivity contribution in [1.82, 2.24) is 5.32 Å². The Morgan fingerprint density at radius 2 is 2.14 bits per heavy atom. The minimum absolute atomic E-state index is 0. The van der Waals surface area contributed by atoms with Gasteiger partial charge < -0.3 is 11.1 Å². The van der Waals surface area contributed by atoms with Crippen molar-refractivity contribution in [2.24, 2.45) is 11.7 Å². The van der Waals surface area contributed by atoms with Crippen molar-refractivity contribution in [3.05, 3.63) is 28.2 Å². The van der Waals surface area contributed by atoms with E-state index in [1.54, 1.807) is 18.2 Å². The summed E-state index contributed by atoms with van der Waals surface area (Å²) in [5.74, 6) is 0.781. The number of benzene rings is 1. The number of halogens is 3. The minimum atomic E-state index is 0. The molecule has 118 valence electrons. The molecular weight excluding hydrogens is 351 g/mol. The Kier molecular flexibility index (Phi) is 8.21. The van der Waals surface area contributed by atoms with Crippen molar-refractivity contribution in [1.29, 1.82) is 0 Å². The monoisotopic (exact) mass is 368 g/mol. The Balaban J connectivity index is 0.00000220. The molecule has 2 rings (SSSR count). The first-order valence-corrected chi connectivity index (χ1v) is 8.41. The predicted molar refractivity (Wildman–Crippen MR) is 92.8 cm³/mol. The number of thioether (sulfide) groups is 1. The molecule has 3 N–H and O–H groups in total. The van der Waals surface area contributed by atoms with Gasteiger partial charge in [-0.2, -0.15) is 0 Å². The van der Waals surface area contributed by atoms with Crippen LogP contribution in [0.2, 0.25) is 10.0 Å². The number of hydrogen-bond donors (Lipinski definition) is 2. The zero-order valence-corrected chi connectivity index (χ0v) is 14.6. The van der Waals surface area contributed by atoms with Crippen LogP contribution in [-0.2, 0) is 4.79 Å². The van der Waals surface area contributed by atoms with Crippen molar-refractivity contribution in [3.8, 4) is 0 Å². The summed E-state index contributed by atoms with van der Waals surface area (Å²) in [5.41, 5.74) is 5.71. The number of nitrogens with two attached hydrogens (primary N) is 1. The van der Waals surface area contributed by atoms with Crippen LogP contribution in [0, 0.1) is 5.92 Å². The number of amides is 1. The SMILES string of the molecule is Cl.NCC1CCCC1NC(=O)CSc1cc(Cl)ccc1Cl. The van der Waals surface area contributed by atoms with Gasteiger partial charge in [-0.25, -0.2) is 0 Å². The van der Waals surface area contributed by atoms with E-state index < -0.39 is 0 Å². The number of carbonyl (C=O) groups is 1. The lowest BCUT2D eigenvalue weighted by Gasteiger charge is -2.19. The normalized spacial score (nSPS) is 20.9. The second-order valence-electron chi connectivity index (χ2n) is 4.96. The van der Waals surface area contributed by atoms with E-state index in [-0.39, 0.29) is 24.4 Å². The Labute approximate surface area is 145 Å². The van der Waals surface area contributed by atoms with E-state index >= 15 is 0 Å². The predicted octanol–water partition coefficient (Wildman–Crippen LogP) is 3.75. The summed E-state index contributed by atoms with van der Waals surface area (Å²) in [4.78, 5) is 12.8. The standard InChI is InChI=1S/C14H18Cl2N2OS.ClH/c15-10-4-5-11(16)13(6-10)20-8-14(19)18-12-3-1-2-9(12)7-17;/h4-6,9,12H,1-3,7-8,17H2,(H,18,19);1H. The van der Waals surface area contributed by atoms with E-state index in [0.717, 1.165) is 24.2 Å². The minimum Gasteiger partial charge on any atom is -0.352 e. The van der Waals surface area contributed by atoms with E-state index in [4.69, 9.17) is 28.9 Å². The van der Waals surface area contributed by atoms with Gasteiger partial charge in [-0.15, -0.1) is 24.2 Å². The summed E-state index contributed by atoms with van der Waals surface area (Å²) in [7, 11) is 0. The van der Waals surface area contributed by atoms with E-state index in [1.807, 2.05) is 0 Å². The van der Waals surface area contributed by atoms with Gasteiger partial charge in [-0.05, 0) is 43.5 Å². The molecule has 0 aromatic heterocycles. The van der Waals surface area contributed by atoms with Crippen LogP contribution in [0.5, 0.6) is 0 Å². The van der Waals surface area contributed by atoms with Crippen molar-refractivity contribution in [2.45, 2.75) is 30.2 Å². The number of carbonyl (C=O) groups excluding carboxylic acids is 1. The van der Waals surface area contributed by atoms with E-state index in [9.17, 15) is 4.79 Å². The molecule has 2 unspecified atom stereocenters. The number of hydrogen-bond acceptors (Lipinski definition) is 3. The fraction of sp³-hybridized carbons (Fsp3) is 0.500. The summed E-state index contributed by atoms with van der Waals surface area (Å²) in [6.07, 6.45) is 3.27. The molecule has 1 amide bonds. The average molecular weight is 370 g/mol. The molecule has 0 aliphatic heterocycles. The van der Waals surface area contributed by atoms with Gasteiger partial charge in [0.2, 0.25) is 5.91 Å². The molecule has 1 aliphatic rings. The lowest BCUT2D eigenvalue weighted by molar-refractivity contribution is -0.119. The van der Waals surface area contributed by atoms with Crippen LogP contribution in [0.3, 0.4) is 0 Å². The van der Waals surface area contributed by atoms with Crippen molar-refractivity contribution in [3.63, 3.8) is 0 Å². The maximum absolute atomic E-state index is 12.0. The van der Waals surface area contributed by atoms with Crippen LogP contribution in [0.4, 0.5) is 0 Å². The quantitative estimate of drug-likeness (QED) is 0.777. The second kappa shape index (κ2) is 9.11. The molecule has 3 nitrogen and oxygen atoms in total. The molecule has 2 atom stereocenters. The fourth-order valence-corrected chi connectivity index (χ4v) is 3.79. The highest BCUT2D eigenvalue weighted by Gasteiger charge is 2.27. The highest BCUT2D eigenvalue weighted by molar-refractivity contribution is 8.00. The molecule has 7 heteroatoms. The first kappa shape index (κ1) is 18.9. The lowest BCUT2D eigenvalue weighted by Crippen LogP contribution is -2.40. The zero-order chi connectivity index (χ0) is 14.5. The van der Waals surface area contributed by atoms with Gasteiger partial charge in [-0.1, -0.05) is 29.6 Å². The van der Waals surface area contributed by atoms with Gasteiger partial charge in [0.1, 0.15) is 0 Å².